The van der Waals surface area contributed by atoms with Gasteiger partial charge >= 0.3 is 0 Å². The number of aromatic amines is 1. The van der Waals surface area contributed by atoms with Crippen LogP contribution in [0.3, 0.4) is 0 Å². The summed E-state index contributed by atoms with van der Waals surface area (Å²) in [5.74, 6) is 0.713. The Kier molecular flexibility index (Phi) is 3.28. The maximum atomic E-state index is 5.40. The summed E-state index contributed by atoms with van der Waals surface area (Å²) in [6.07, 6.45) is 0. The molecule has 112 valence electrons. The van der Waals surface area contributed by atoms with Crippen LogP contribution < -0.4 is 0 Å². The van der Waals surface area contributed by atoms with Gasteiger partial charge in [-0.3, -0.25) is 9.67 Å². The fourth-order valence-corrected chi connectivity index (χ4v) is 2.83. The SMILES string of the molecule is Cc1ccc(-n2c(-c3ccc4ccccc4n3)n[nH]c2=S)cc1. The fraction of sp³-hybridized carbons (Fsp3) is 0.0556. The highest BCUT2D eigenvalue weighted by molar-refractivity contribution is 7.71. The molecule has 2 heterocycles. The first-order chi connectivity index (χ1) is 11.2. The largest absolute Gasteiger partial charge is 0.267 e. The number of rotatable bonds is 2. The second-order valence-corrected chi connectivity index (χ2v) is 5.80. The lowest BCUT2D eigenvalue weighted by Crippen LogP contribution is -1.99. The van der Waals surface area contributed by atoms with Crippen LogP contribution in [0.4, 0.5) is 0 Å². The molecule has 4 aromatic rings. The Balaban J connectivity index is 1.92. The lowest BCUT2D eigenvalue weighted by atomic mass is 10.2. The van der Waals surface area contributed by atoms with Gasteiger partial charge in [-0.2, -0.15) is 5.10 Å². The van der Waals surface area contributed by atoms with E-state index in [1.54, 1.807) is 0 Å². The Bertz CT molecular complexity index is 1040. The summed E-state index contributed by atoms with van der Waals surface area (Å²) in [5, 5.41) is 8.35. The van der Waals surface area contributed by atoms with Gasteiger partial charge < -0.3 is 0 Å². The number of fused-ring (bicyclic) bond motifs is 1. The average Bonchev–Trinajstić information content (AvgIpc) is 2.97. The molecule has 0 radical (unpaired) electrons. The van der Waals surface area contributed by atoms with E-state index in [0.717, 1.165) is 22.3 Å². The summed E-state index contributed by atoms with van der Waals surface area (Å²) < 4.78 is 2.46. The Morgan fingerprint density at radius 3 is 2.57 bits per heavy atom. The van der Waals surface area contributed by atoms with Crippen molar-refractivity contribution in [1.82, 2.24) is 19.7 Å². The second kappa shape index (κ2) is 5.44. The lowest BCUT2D eigenvalue weighted by Gasteiger charge is -2.07. The van der Waals surface area contributed by atoms with Gasteiger partial charge in [0.05, 0.1) is 11.2 Å². The molecule has 23 heavy (non-hydrogen) atoms. The van der Waals surface area contributed by atoms with E-state index in [1.807, 2.05) is 47.0 Å². The minimum absolute atomic E-state index is 0.554. The molecule has 0 fully saturated rings. The minimum atomic E-state index is 0.554. The normalized spacial score (nSPS) is 11.0. The predicted octanol–water partition coefficient (Wildman–Crippen LogP) is 4.45. The monoisotopic (exact) mass is 318 g/mol. The highest BCUT2D eigenvalue weighted by Gasteiger charge is 2.12. The number of nitrogens with zero attached hydrogens (tertiary/aromatic N) is 3. The molecule has 0 bridgehead atoms. The molecule has 0 saturated carbocycles. The third-order valence-corrected chi connectivity index (χ3v) is 4.07. The summed E-state index contributed by atoms with van der Waals surface area (Å²) in [4.78, 5) is 4.71. The standard InChI is InChI=1S/C18H14N4S/c1-12-6-9-14(10-7-12)22-17(20-21-18(22)23)16-11-8-13-4-2-3-5-15(13)19-16/h2-11H,1H3,(H,21,23). The molecule has 4 rings (SSSR count). The van der Waals surface area contributed by atoms with Crippen molar-refractivity contribution in [3.8, 4) is 17.2 Å². The molecule has 0 unspecified atom stereocenters. The fourth-order valence-electron chi connectivity index (χ4n) is 2.59. The Morgan fingerprint density at radius 1 is 0.957 bits per heavy atom. The second-order valence-electron chi connectivity index (χ2n) is 5.41. The van der Waals surface area contributed by atoms with E-state index < -0.39 is 0 Å². The number of aromatic nitrogens is 4. The van der Waals surface area contributed by atoms with Gasteiger partial charge in [0.2, 0.25) is 0 Å². The van der Waals surface area contributed by atoms with E-state index in [0.29, 0.717) is 10.6 Å². The van der Waals surface area contributed by atoms with Crippen molar-refractivity contribution in [3.63, 3.8) is 0 Å². The molecule has 5 heteroatoms. The Morgan fingerprint density at radius 2 is 1.74 bits per heavy atom. The maximum Gasteiger partial charge on any atom is 0.200 e. The third-order valence-electron chi connectivity index (χ3n) is 3.79. The maximum absolute atomic E-state index is 5.40. The highest BCUT2D eigenvalue weighted by Crippen LogP contribution is 2.22. The zero-order chi connectivity index (χ0) is 15.8. The number of aryl methyl sites for hydroxylation is 1. The molecule has 2 aromatic carbocycles. The van der Waals surface area contributed by atoms with Crippen LogP contribution in [0, 0.1) is 11.7 Å². The van der Waals surface area contributed by atoms with Gasteiger partial charge in [0.25, 0.3) is 0 Å². The number of benzene rings is 2. The van der Waals surface area contributed by atoms with Gasteiger partial charge in [-0.25, -0.2) is 4.98 Å². The van der Waals surface area contributed by atoms with Crippen LogP contribution >= 0.6 is 12.2 Å². The van der Waals surface area contributed by atoms with Crippen LogP contribution in [0.1, 0.15) is 5.56 Å². The first kappa shape index (κ1) is 13.8. The van der Waals surface area contributed by atoms with Gasteiger partial charge in [0.15, 0.2) is 10.6 Å². The van der Waals surface area contributed by atoms with Crippen molar-refractivity contribution < 1.29 is 0 Å². The molecule has 0 atom stereocenters. The molecule has 0 spiro atoms. The summed E-state index contributed by atoms with van der Waals surface area (Å²) in [5.41, 5.74) is 3.90. The van der Waals surface area contributed by atoms with E-state index in [1.165, 1.54) is 5.56 Å². The van der Waals surface area contributed by atoms with Gasteiger partial charge in [-0.05, 0) is 43.4 Å². The van der Waals surface area contributed by atoms with Gasteiger partial charge in [0.1, 0.15) is 5.69 Å². The van der Waals surface area contributed by atoms with Crippen molar-refractivity contribution in [2.75, 3.05) is 0 Å². The molecule has 1 N–H and O–H groups in total. The molecule has 0 amide bonds. The van der Waals surface area contributed by atoms with Crippen LogP contribution in [0.5, 0.6) is 0 Å². The number of hydrogen-bond donors (Lipinski definition) is 1. The summed E-state index contributed by atoms with van der Waals surface area (Å²) in [7, 11) is 0. The molecular formula is C18H14N4S. The molecule has 2 aromatic heterocycles. The number of pyridine rings is 1. The summed E-state index contributed by atoms with van der Waals surface area (Å²) in [6.45, 7) is 2.06. The van der Waals surface area contributed by atoms with E-state index >= 15 is 0 Å². The lowest BCUT2D eigenvalue weighted by molar-refractivity contribution is 1.03. The average molecular weight is 318 g/mol. The van der Waals surface area contributed by atoms with Crippen molar-refractivity contribution in [3.05, 3.63) is 71.0 Å². The van der Waals surface area contributed by atoms with E-state index in [4.69, 9.17) is 17.2 Å². The van der Waals surface area contributed by atoms with Crippen LogP contribution in [0.2, 0.25) is 0 Å². The smallest absolute Gasteiger partial charge is 0.200 e. The van der Waals surface area contributed by atoms with Crippen LogP contribution in [-0.4, -0.2) is 19.7 Å². The van der Waals surface area contributed by atoms with Gasteiger partial charge in [-0.1, -0.05) is 42.0 Å². The van der Waals surface area contributed by atoms with Crippen molar-refractivity contribution in [1.29, 1.82) is 0 Å². The van der Waals surface area contributed by atoms with Gasteiger partial charge in [0, 0.05) is 5.39 Å². The van der Waals surface area contributed by atoms with Crippen molar-refractivity contribution >= 4 is 23.1 Å². The topological polar surface area (TPSA) is 46.5 Å². The van der Waals surface area contributed by atoms with Crippen LogP contribution in [0.15, 0.2) is 60.7 Å². The number of H-pyrrole nitrogens is 1. The molecule has 0 saturated heterocycles. The first-order valence-corrected chi connectivity index (χ1v) is 7.74. The first-order valence-electron chi connectivity index (χ1n) is 7.33. The number of hydrogen-bond acceptors (Lipinski definition) is 3. The van der Waals surface area contributed by atoms with Crippen molar-refractivity contribution in [2.24, 2.45) is 0 Å². The predicted molar refractivity (Wildman–Crippen MR) is 94.2 cm³/mol. The number of para-hydroxylation sites is 1. The van der Waals surface area contributed by atoms with E-state index in [2.05, 4.69) is 35.3 Å². The Hall–Kier alpha value is -2.79. The van der Waals surface area contributed by atoms with E-state index in [9.17, 15) is 0 Å². The summed E-state index contributed by atoms with van der Waals surface area (Å²) >= 11 is 5.40. The minimum Gasteiger partial charge on any atom is -0.267 e. The number of nitrogens with one attached hydrogen (secondary N) is 1. The Labute approximate surface area is 138 Å². The van der Waals surface area contributed by atoms with Crippen LogP contribution in [0.25, 0.3) is 28.1 Å². The van der Waals surface area contributed by atoms with E-state index in [-0.39, 0.29) is 0 Å². The molecule has 0 aliphatic carbocycles. The van der Waals surface area contributed by atoms with Crippen LogP contribution in [-0.2, 0) is 0 Å². The zero-order valence-electron chi connectivity index (χ0n) is 12.5. The van der Waals surface area contributed by atoms with Crippen molar-refractivity contribution in [2.45, 2.75) is 6.92 Å². The third kappa shape index (κ3) is 2.45. The quantitative estimate of drug-likeness (QED) is 0.555. The highest BCUT2D eigenvalue weighted by atomic mass is 32.1. The molecule has 0 aliphatic rings. The summed E-state index contributed by atoms with van der Waals surface area (Å²) in [6, 6.07) is 20.2. The molecule has 0 aliphatic heterocycles. The molecule has 4 nitrogen and oxygen atoms in total. The zero-order valence-corrected chi connectivity index (χ0v) is 13.3. The molecular weight excluding hydrogens is 304 g/mol. The van der Waals surface area contributed by atoms with Gasteiger partial charge in [-0.15, -0.1) is 0 Å².